The van der Waals surface area contributed by atoms with Crippen LogP contribution in [0.4, 0.5) is 11.4 Å². The van der Waals surface area contributed by atoms with E-state index in [1.165, 1.54) is 19.2 Å². The van der Waals surface area contributed by atoms with Gasteiger partial charge in [0.2, 0.25) is 10.0 Å². The maximum atomic E-state index is 12.0. The van der Waals surface area contributed by atoms with Gasteiger partial charge in [-0.3, -0.25) is 10.1 Å². The number of hydrogen-bond acceptors (Lipinski definition) is 7. The SMILES string of the molecule is CNS(=O)(=O)c1ccc(N2CCCC(c3nnc4n3CCC4)C2)c([N+](=O)[O-])c1. The quantitative estimate of drug-likeness (QED) is 0.588. The fourth-order valence-corrected chi connectivity index (χ4v) is 4.83. The Morgan fingerprint density at radius 2 is 2.07 bits per heavy atom. The highest BCUT2D eigenvalue weighted by Gasteiger charge is 2.31. The lowest BCUT2D eigenvalue weighted by atomic mass is 9.96. The molecule has 1 fully saturated rings. The Morgan fingerprint density at radius 1 is 1.25 bits per heavy atom. The third-order valence-corrected chi connectivity index (χ3v) is 6.90. The smallest absolute Gasteiger partial charge is 0.293 e. The van der Waals surface area contributed by atoms with Gasteiger partial charge in [-0.2, -0.15) is 0 Å². The third kappa shape index (κ3) is 3.24. The van der Waals surface area contributed by atoms with E-state index in [2.05, 4.69) is 19.5 Å². The molecule has 0 bridgehead atoms. The van der Waals surface area contributed by atoms with Crippen molar-refractivity contribution < 1.29 is 13.3 Å². The van der Waals surface area contributed by atoms with Crippen LogP contribution in [0.15, 0.2) is 23.1 Å². The molecule has 2 aliphatic heterocycles. The minimum atomic E-state index is -3.75. The van der Waals surface area contributed by atoms with Gasteiger partial charge in [0, 0.05) is 38.0 Å². The van der Waals surface area contributed by atoms with Crippen molar-refractivity contribution in [3.8, 4) is 0 Å². The highest BCUT2D eigenvalue weighted by molar-refractivity contribution is 7.89. The molecule has 150 valence electrons. The molecule has 1 aromatic heterocycles. The molecule has 1 saturated heterocycles. The van der Waals surface area contributed by atoms with E-state index in [0.717, 1.165) is 49.9 Å². The first-order chi connectivity index (χ1) is 13.4. The van der Waals surface area contributed by atoms with Crippen molar-refractivity contribution in [2.24, 2.45) is 0 Å². The molecule has 10 nitrogen and oxygen atoms in total. The van der Waals surface area contributed by atoms with Gasteiger partial charge < -0.3 is 9.47 Å². The van der Waals surface area contributed by atoms with Crippen LogP contribution < -0.4 is 9.62 Å². The topological polar surface area (TPSA) is 123 Å². The highest BCUT2D eigenvalue weighted by Crippen LogP contribution is 2.36. The predicted octanol–water partition coefficient (Wildman–Crippen LogP) is 1.42. The number of piperidine rings is 1. The first kappa shape index (κ1) is 18.8. The van der Waals surface area contributed by atoms with Gasteiger partial charge in [-0.05, 0) is 38.4 Å². The van der Waals surface area contributed by atoms with Gasteiger partial charge in [0.25, 0.3) is 5.69 Å². The molecule has 0 spiro atoms. The first-order valence-corrected chi connectivity index (χ1v) is 10.8. The van der Waals surface area contributed by atoms with Crippen molar-refractivity contribution in [3.05, 3.63) is 40.0 Å². The number of nitro groups is 1. The lowest BCUT2D eigenvalue weighted by Gasteiger charge is -2.33. The van der Waals surface area contributed by atoms with Crippen LogP contribution in [0.1, 0.15) is 36.8 Å². The fourth-order valence-electron chi connectivity index (χ4n) is 4.08. The van der Waals surface area contributed by atoms with E-state index in [-0.39, 0.29) is 16.5 Å². The van der Waals surface area contributed by atoms with E-state index in [9.17, 15) is 18.5 Å². The summed E-state index contributed by atoms with van der Waals surface area (Å²) in [6.45, 7) is 2.19. The molecule has 0 aliphatic carbocycles. The predicted molar refractivity (Wildman–Crippen MR) is 102 cm³/mol. The zero-order chi connectivity index (χ0) is 19.9. The molecular weight excluding hydrogens is 384 g/mol. The van der Waals surface area contributed by atoms with E-state index in [1.54, 1.807) is 0 Å². The van der Waals surface area contributed by atoms with Gasteiger partial charge in [-0.1, -0.05) is 0 Å². The number of sulfonamides is 1. The molecule has 11 heteroatoms. The lowest BCUT2D eigenvalue weighted by molar-refractivity contribution is -0.384. The minimum Gasteiger partial charge on any atom is -0.365 e. The fraction of sp³-hybridized carbons (Fsp3) is 0.529. The second kappa shape index (κ2) is 7.13. The van der Waals surface area contributed by atoms with Crippen LogP contribution in [0.2, 0.25) is 0 Å². The highest BCUT2D eigenvalue weighted by atomic mass is 32.2. The zero-order valence-corrected chi connectivity index (χ0v) is 16.4. The average Bonchev–Trinajstić information content (AvgIpc) is 3.31. The monoisotopic (exact) mass is 406 g/mol. The maximum absolute atomic E-state index is 12.0. The van der Waals surface area contributed by atoms with Gasteiger partial charge in [-0.15, -0.1) is 10.2 Å². The van der Waals surface area contributed by atoms with E-state index in [0.29, 0.717) is 18.8 Å². The zero-order valence-electron chi connectivity index (χ0n) is 15.5. The Balaban J connectivity index is 1.65. The van der Waals surface area contributed by atoms with Crippen molar-refractivity contribution in [3.63, 3.8) is 0 Å². The Kier molecular flexibility index (Phi) is 4.79. The van der Waals surface area contributed by atoms with Crippen molar-refractivity contribution in [2.75, 3.05) is 25.0 Å². The van der Waals surface area contributed by atoms with Gasteiger partial charge >= 0.3 is 0 Å². The van der Waals surface area contributed by atoms with E-state index in [4.69, 9.17) is 0 Å². The number of aromatic nitrogens is 3. The van der Waals surface area contributed by atoms with E-state index < -0.39 is 14.9 Å². The van der Waals surface area contributed by atoms with Crippen molar-refractivity contribution in [1.82, 2.24) is 19.5 Å². The molecule has 0 amide bonds. The third-order valence-electron chi connectivity index (χ3n) is 5.49. The standard InChI is InChI=1S/C17H22N6O4S/c1-18-28(26,27)13-6-7-14(15(10-13)23(24)25)21-8-2-4-12(11-21)17-20-19-16-5-3-9-22(16)17/h6-7,10,12,18H,2-5,8-9,11H2,1H3. The van der Waals surface area contributed by atoms with Crippen LogP contribution in [-0.2, 0) is 23.0 Å². The number of benzene rings is 1. The summed E-state index contributed by atoms with van der Waals surface area (Å²) in [4.78, 5) is 12.9. The maximum Gasteiger partial charge on any atom is 0.293 e. The number of aryl methyl sites for hydroxylation is 1. The molecule has 0 radical (unpaired) electrons. The van der Waals surface area contributed by atoms with Crippen LogP contribution in [-0.4, -0.2) is 48.2 Å². The number of nitro benzene ring substituents is 1. The summed E-state index contributed by atoms with van der Waals surface area (Å²) < 4.78 is 28.4. The van der Waals surface area contributed by atoms with Crippen molar-refractivity contribution in [1.29, 1.82) is 0 Å². The van der Waals surface area contributed by atoms with Gasteiger partial charge in [0.15, 0.2) is 0 Å². The summed E-state index contributed by atoms with van der Waals surface area (Å²) in [6.07, 6.45) is 3.84. The molecule has 3 heterocycles. The summed E-state index contributed by atoms with van der Waals surface area (Å²) in [5.41, 5.74) is 0.231. The van der Waals surface area contributed by atoms with E-state index >= 15 is 0 Å². The second-order valence-electron chi connectivity index (χ2n) is 7.13. The van der Waals surface area contributed by atoms with Crippen molar-refractivity contribution >= 4 is 21.4 Å². The Labute approximate surface area is 162 Å². The number of nitrogens with zero attached hydrogens (tertiary/aromatic N) is 5. The summed E-state index contributed by atoms with van der Waals surface area (Å²) in [5.74, 6) is 2.11. The molecule has 1 unspecified atom stereocenters. The molecule has 0 saturated carbocycles. The molecule has 1 N–H and O–H groups in total. The van der Waals surface area contributed by atoms with Crippen LogP contribution in [0.5, 0.6) is 0 Å². The Hall–Kier alpha value is -2.53. The molecule has 1 aromatic carbocycles. The molecule has 1 atom stereocenters. The van der Waals surface area contributed by atoms with Crippen LogP contribution >= 0.6 is 0 Å². The minimum absolute atomic E-state index is 0.116. The molecule has 4 rings (SSSR count). The van der Waals surface area contributed by atoms with Gasteiger partial charge in [-0.25, -0.2) is 13.1 Å². The number of hydrogen-bond donors (Lipinski definition) is 1. The van der Waals surface area contributed by atoms with E-state index in [1.807, 2.05) is 4.90 Å². The lowest BCUT2D eigenvalue weighted by Crippen LogP contribution is -2.35. The summed E-state index contributed by atoms with van der Waals surface area (Å²) in [6, 6.07) is 4.06. The number of anilines is 1. The Bertz CT molecular complexity index is 1020. The number of rotatable bonds is 5. The van der Waals surface area contributed by atoms with Crippen LogP contribution in [0, 0.1) is 10.1 Å². The first-order valence-electron chi connectivity index (χ1n) is 9.29. The average molecular weight is 406 g/mol. The Morgan fingerprint density at radius 3 is 2.82 bits per heavy atom. The summed E-state index contributed by atoms with van der Waals surface area (Å²) >= 11 is 0. The largest absolute Gasteiger partial charge is 0.365 e. The van der Waals surface area contributed by atoms with Crippen molar-refractivity contribution in [2.45, 2.75) is 43.0 Å². The van der Waals surface area contributed by atoms with Crippen LogP contribution in [0.25, 0.3) is 0 Å². The molecular formula is C17H22N6O4S. The van der Waals surface area contributed by atoms with Crippen LogP contribution in [0.3, 0.4) is 0 Å². The summed E-state index contributed by atoms with van der Waals surface area (Å²) in [5, 5.41) is 20.3. The second-order valence-corrected chi connectivity index (χ2v) is 9.02. The number of fused-ring (bicyclic) bond motifs is 1. The normalized spacial score (nSPS) is 19.6. The summed E-state index contributed by atoms with van der Waals surface area (Å²) in [7, 11) is -2.47. The van der Waals surface area contributed by atoms with Gasteiger partial charge in [0.1, 0.15) is 17.3 Å². The molecule has 2 aromatic rings. The molecule has 28 heavy (non-hydrogen) atoms. The van der Waals surface area contributed by atoms with Gasteiger partial charge in [0.05, 0.1) is 9.82 Å². The number of nitrogens with one attached hydrogen (secondary N) is 1. The molecule has 2 aliphatic rings.